The molecule has 0 heterocycles. The number of anilines is 1. The SMILES string of the molecule is CCCOc1ccc(NC(=O)[C@@](C)(CC(C)C)OCC)cc1Cl. The molecule has 1 aromatic rings. The van der Waals surface area contributed by atoms with E-state index >= 15 is 0 Å². The Bertz CT molecular complexity index is 519. The zero-order valence-corrected chi connectivity index (χ0v) is 15.5. The zero-order chi connectivity index (χ0) is 17.5. The van der Waals surface area contributed by atoms with Crippen molar-refractivity contribution in [2.45, 2.75) is 53.1 Å². The molecule has 130 valence electrons. The van der Waals surface area contributed by atoms with Crippen molar-refractivity contribution in [2.75, 3.05) is 18.5 Å². The average Bonchev–Trinajstić information content (AvgIpc) is 2.45. The summed E-state index contributed by atoms with van der Waals surface area (Å²) < 4.78 is 11.2. The molecule has 0 aliphatic heterocycles. The lowest BCUT2D eigenvalue weighted by Gasteiger charge is -2.30. The van der Waals surface area contributed by atoms with Crippen molar-refractivity contribution in [3.63, 3.8) is 0 Å². The van der Waals surface area contributed by atoms with E-state index in [1.807, 2.05) is 20.8 Å². The molecule has 1 aromatic carbocycles. The minimum atomic E-state index is -0.854. The van der Waals surface area contributed by atoms with Crippen LogP contribution in [0.15, 0.2) is 18.2 Å². The summed E-state index contributed by atoms with van der Waals surface area (Å²) in [5.74, 6) is 0.818. The van der Waals surface area contributed by atoms with Gasteiger partial charge in [-0.25, -0.2) is 0 Å². The predicted octanol–water partition coefficient (Wildman–Crippen LogP) is 4.91. The second-order valence-electron chi connectivity index (χ2n) is 6.21. The van der Waals surface area contributed by atoms with E-state index in [4.69, 9.17) is 21.1 Å². The molecule has 0 aliphatic carbocycles. The van der Waals surface area contributed by atoms with E-state index in [1.54, 1.807) is 18.2 Å². The zero-order valence-electron chi connectivity index (χ0n) is 14.7. The maximum absolute atomic E-state index is 12.6. The van der Waals surface area contributed by atoms with Gasteiger partial charge < -0.3 is 14.8 Å². The Morgan fingerprint density at radius 3 is 2.57 bits per heavy atom. The normalized spacial score (nSPS) is 13.7. The van der Waals surface area contributed by atoms with Gasteiger partial charge in [0.05, 0.1) is 11.6 Å². The third kappa shape index (κ3) is 6.04. The smallest absolute Gasteiger partial charge is 0.256 e. The van der Waals surface area contributed by atoms with Crippen LogP contribution in [0.3, 0.4) is 0 Å². The van der Waals surface area contributed by atoms with Gasteiger partial charge >= 0.3 is 0 Å². The third-order valence-electron chi connectivity index (χ3n) is 3.39. The summed E-state index contributed by atoms with van der Waals surface area (Å²) in [5.41, 5.74) is -0.217. The summed E-state index contributed by atoms with van der Waals surface area (Å²) in [4.78, 5) is 12.6. The topological polar surface area (TPSA) is 47.6 Å². The molecule has 0 unspecified atom stereocenters. The van der Waals surface area contributed by atoms with E-state index in [1.165, 1.54) is 0 Å². The van der Waals surface area contributed by atoms with E-state index in [9.17, 15) is 4.79 Å². The molecule has 0 spiro atoms. The first-order chi connectivity index (χ1) is 10.8. The van der Waals surface area contributed by atoms with Crippen molar-refractivity contribution in [3.05, 3.63) is 23.2 Å². The Labute approximate surface area is 144 Å². The van der Waals surface area contributed by atoms with Gasteiger partial charge in [-0.15, -0.1) is 0 Å². The monoisotopic (exact) mass is 341 g/mol. The fourth-order valence-electron chi connectivity index (χ4n) is 2.49. The molecular weight excluding hydrogens is 314 g/mol. The van der Waals surface area contributed by atoms with Gasteiger partial charge in [0.25, 0.3) is 5.91 Å². The van der Waals surface area contributed by atoms with Crippen LogP contribution in [0, 0.1) is 5.92 Å². The van der Waals surface area contributed by atoms with Crippen LogP contribution in [-0.2, 0) is 9.53 Å². The van der Waals surface area contributed by atoms with Gasteiger partial charge in [-0.3, -0.25) is 4.79 Å². The molecule has 4 nitrogen and oxygen atoms in total. The number of halogens is 1. The molecule has 0 aliphatic rings. The lowest BCUT2D eigenvalue weighted by atomic mass is 9.93. The average molecular weight is 342 g/mol. The number of amides is 1. The molecule has 1 rings (SSSR count). The quantitative estimate of drug-likeness (QED) is 0.694. The molecule has 0 radical (unpaired) electrons. The van der Waals surface area contributed by atoms with Crippen molar-refractivity contribution < 1.29 is 14.3 Å². The molecule has 5 heteroatoms. The highest BCUT2D eigenvalue weighted by Crippen LogP contribution is 2.29. The van der Waals surface area contributed by atoms with Gasteiger partial charge in [0.1, 0.15) is 11.4 Å². The molecule has 0 fully saturated rings. The molecule has 1 atom stereocenters. The first kappa shape index (κ1) is 19.8. The number of carbonyl (C=O) groups is 1. The largest absolute Gasteiger partial charge is 0.492 e. The van der Waals surface area contributed by atoms with Crippen LogP contribution in [-0.4, -0.2) is 24.7 Å². The number of nitrogens with one attached hydrogen (secondary N) is 1. The number of rotatable bonds is 9. The van der Waals surface area contributed by atoms with E-state index in [0.29, 0.717) is 42.0 Å². The highest BCUT2D eigenvalue weighted by molar-refractivity contribution is 6.32. The minimum absolute atomic E-state index is 0.161. The molecule has 0 bridgehead atoms. The number of benzene rings is 1. The summed E-state index contributed by atoms with van der Waals surface area (Å²) in [6.07, 6.45) is 1.56. The van der Waals surface area contributed by atoms with E-state index < -0.39 is 5.60 Å². The summed E-state index contributed by atoms with van der Waals surface area (Å²) >= 11 is 6.20. The predicted molar refractivity (Wildman–Crippen MR) is 95.4 cm³/mol. The van der Waals surface area contributed by atoms with Crippen LogP contribution in [0.2, 0.25) is 5.02 Å². The fraction of sp³-hybridized carbons (Fsp3) is 0.611. The van der Waals surface area contributed by atoms with Gasteiger partial charge in [0.2, 0.25) is 0 Å². The first-order valence-electron chi connectivity index (χ1n) is 8.20. The Kier molecular flexibility index (Phi) is 7.86. The number of carbonyl (C=O) groups excluding carboxylic acids is 1. The molecule has 0 aromatic heterocycles. The lowest BCUT2D eigenvalue weighted by molar-refractivity contribution is -0.140. The van der Waals surface area contributed by atoms with Crippen LogP contribution in [0.1, 0.15) is 47.5 Å². The van der Waals surface area contributed by atoms with Crippen LogP contribution < -0.4 is 10.1 Å². The summed E-state index contributed by atoms with van der Waals surface area (Å²) in [5, 5.41) is 3.38. The van der Waals surface area contributed by atoms with Crippen LogP contribution in [0.25, 0.3) is 0 Å². The van der Waals surface area contributed by atoms with Crippen molar-refractivity contribution in [2.24, 2.45) is 5.92 Å². The molecule has 23 heavy (non-hydrogen) atoms. The Hall–Kier alpha value is -1.26. The number of ether oxygens (including phenoxy) is 2. The Morgan fingerprint density at radius 2 is 2.04 bits per heavy atom. The van der Waals surface area contributed by atoms with Crippen LogP contribution >= 0.6 is 11.6 Å². The summed E-state index contributed by atoms with van der Waals surface area (Å²) in [6, 6.07) is 5.26. The minimum Gasteiger partial charge on any atom is -0.492 e. The van der Waals surface area contributed by atoms with E-state index in [0.717, 1.165) is 6.42 Å². The molecular formula is C18H28ClNO3. The van der Waals surface area contributed by atoms with Gasteiger partial charge in [-0.05, 0) is 50.8 Å². The Balaban J connectivity index is 2.84. The second-order valence-corrected chi connectivity index (χ2v) is 6.62. The molecule has 1 N–H and O–H groups in total. The highest BCUT2D eigenvalue weighted by atomic mass is 35.5. The Morgan fingerprint density at radius 1 is 1.35 bits per heavy atom. The lowest BCUT2D eigenvalue weighted by Crippen LogP contribution is -2.43. The van der Waals surface area contributed by atoms with Crippen molar-refractivity contribution in [1.29, 1.82) is 0 Å². The summed E-state index contributed by atoms with van der Waals surface area (Å²) in [6.45, 7) is 11.0. The van der Waals surface area contributed by atoms with Crippen LogP contribution in [0.4, 0.5) is 5.69 Å². The standard InChI is InChI=1S/C18H28ClNO3/c1-6-10-22-16-9-8-14(11-15(16)19)20-17(21)18(5,23-7-2)12-13(3)4/h8-9,11,13H,6-7,10,12H2,1-5H3,(H,20,21)/t18-/m1/s1. The third-order valence-corrected chi connectivity index (χ3v) is 3.69. The maximum Gasteiger partial charge on any atom is 0.256 e. The van der Waals surface area contributed by atoms with E-state index in [-0.39, 0.29) is 5.91 Å². The van der Waals surface area contributed by atoms with Crippen molar-refractivity contribution in [1.82, 2.24) is 0 Å². The summed E-state index contributed by atoms with van der Waals surface area (Å²) in [7, 11) is 0. The van der Waals surface area contributed by atoms with Gasteiger partial charge in [-0.2, -0.15) is 0 Å². The maximum atomic E-state index is 12.6. The molecule has 0 saturated carbocycles. The van der Waals surface area contributed by atoms with Crippen LogP contribution in [0.5, 0.6) is 5.75 Å². The molecule has 0 saturated heterocycles. The van der Waals surface area contributed by atoms with E-state index in [2.05, 4.69) is 19.2 Å². The highest BCUT2D eigenvalue weighted by Gasteiger charge is 2.34. The van der Waals surface area contributed by atoms with Gasteiger partial charge in [0.15, 0.2) is 0 Å². The second kappa shape index (κ2) is 9.14. The fourth-order valence-corrected chi connectivity index (χ4v) is 2.72. The number of hydrogen-bond acceptors (Lipinski definition) is 3. The van der Waals surface area contributed by atoms with Crippen molar-refractivity contribution >= 4 is 23.2 Å². The number of hydrogen-bond donors (Lipinski definition) is 1. The first-order valence-corrected chi connectivity index (χ1v) is 8.58. The van der Waals surface area contributed by atoms with Gasteiger partial charge in [0, 0.05) is 12.3 Å². The van der Waals surface area contributed by atoms with Gasteiger partial charge in [-0.1, -0.05) is 32.4 Å². The van der Waals surface area contributed by atoms with Crippen molar-refractivity contribution in [3.8, 4) is 5.75 Å². The molecule has 1 amide bonds.